The molecule has 5 nitrogen and oxygen atoms in total. The summed E-state index contributed by atoms with van der Waals surface area (Å²) in [6.07, 6.45) is -0.340. The smallest absolute Gasteiger partial charge is 0.407 e. The van der Waals surface area contributed by atoms with E-state index in [1.165, 1.54) is 0 Å². The number of carbonyl (C=O) groups is 1. The largest absolute Gasteiger partial charge is 0.444 e. The van der Waals surface area contributed by atoms with Crippen LogP contribution >= 0.6 is 0 Å². The molecule has 2 heterocycles. The number of amides is 1. The second-order valence-corrected chi connectivity index (χ2v) is 5.68. The second kappa shape index (κ2) is 3.89. The van der Waals surface area contributed by atoms with E-state index in [2.05, 4.69) is 10.6 Å². The molecular weight excluding hydrogens is 208 g/mol. The average molecular weight is 228 g/mol. The van der Waals surface area contributed by atoms with Crippen molar-refractivity contribution in [3.63, 3.8) is 0 Å². The Morgan fingerprint density at radius 3 is 2.69 bits per heavy atom. The summed E-state index contributed by atoms with van der Waals surface area (Å²) in [6, 6.07) is 0.121. The van der Waals surface area contributed by atoms with Gasteiger partial charge in [0, 0.05) is 13.1 Å². The molecule has 0 saturated carbocycles. The first-order valence-corrected chi connectivity index (χ1v) is 5.69. The minimum atomic E-state index is -0.445. The van der Waals surface area contributed by atoms with Gasteiger partial charge >= 0.3 is 6.09 Å². The molecule has 0 radical (unpaired) electrons. The highest BCUT2D eigenvalue weighted by Gasteiger charge is 2.49. The zero-order chi connectivity index (χ0) is 11.8. The van der Waals surface area contributed by atoms with Crippen LogP contribution in [0.25, 0.3) is 0 Å². The molecule has 1 amide bonds. The first kappa shape index (κ1) is 11.7. The van der Waals surface area contributed by atoms with Gasteiger partial charge < -0.3 is 20.1 Å². The van der Waals surface area contributed by atoms with Crippen molar-refractivity contribution >= 4 is 6.09 Å². The Hall–Kier alpha value is -0.810. The number of rotatable bonds is 1. The maximum Gasteiger partial charge on any atom is 0.407 e. The molecule has 0 aromatic heterocycles. The number of alkyl carbamates (subject to hydrolysis) is 1. The van der Waals surface area contributed by atoms with Crippen LogP contribution in [0, 0.1) is 5.41 Å². The Kier molecular flexibility index (Phi) is 2.84. The maximum atomic E-state index is 11.6. The predicted octanol–water partition coefficient (Wildman–Crippen LogP) is 0.500. The molecular formula is C11H20N2O3. The topological polar surface area (TPSA) is 59.6 Å². The summed E-state index contributed by atoms with van der Waals surface area (Å²) in [6.45, 7) is 8.74. The first-order chi connectivity index (χ1) is 7.41. The van der Waals surface area contributed by atoms with Gasteiger partial charge in [-0.15, -0.1) is 0 Å². The number of hydrogen-bond acceptors (Lipinski definition) is 4. The molecule has 2 rings (SSSR count). The summed E-state index contributed by atoms with van der Waals surface area (Å²) in [5.41, 5.74) is -0.351. The van der Waals surface area contributed by atoms with Gasteiger partial charge in [-0.2, -0.15) is 0 Å². The lowest BCUT2D eigenvalue weighted by Crippen LogP contribution is -2.58. The summed E-state index contributed by atoms with van der Waals surface area (Å²) in [5.74, 6) is 0. The van der Waals surface area contributed by atoms with Crippen LogP contribution in [-0.4, -0.2) is 44.0 Å². The van der Waals surface area contributed by atoms with Crippen LogP contribution in [0.3, 0.4) is 0 Å². The molecule has 2 saturated heterocycles. The fourth-order valence-electron chi connectivity index (χ4n) is 2.13. The molecule has 5 heteroatoms. The van der Waals surface area contributed by atoms with Crippen LogP contribution in [-0.2, 0) is 9.47 Å². The van der Waals surface area contributed by atoms with E-state index in [0.717, 1.165) is 26.3 Å². The summed E-state index contributed by atoms with van der Waals surface area (Å²) in [4.78, 5) is 11.6. The fourth-order valence-corrected chi connectivity index (χ4v) is 2.13. The first-order valence-electron chi connectivity index (χ1n) is 5.69. The number of ether oxygens (including phenoxy) is 2. The van der Waals surface area contributed by atoms with Gasteiger partial charge in [-0.3, -0.25) is 0 Å². The van der Waals surface area contributed by atoms with Gasteiger partial charge in [-0.25, -0.2) is 4.79 Å². The van der Waals surface area contributed by atoms with Crippen molar-refractivity contribution in [3.8, 4) is 0 Å². The third-order valence-electron chi connectivity index (χ3n) is 3.03. The molecule has 2 aliphatic rings. The standard InChI is InChI=1S/C11H20N2O3/c1-10(2,3)16-9(14)13-8-4-12-5-11(8)6-15-7-11/h8,12H,4-7H2,1-3H3,(H,13,14). The quantitative estimate of drug-likeness (QED) is 0.686. The normalized spacial score (nSPS) is 27.6. The van der Waals surface area contributed by atoms with Gasteiger partial charge in [-0.1, -0.05) is 0 Å². The van der Waals surface area contributed by atoms with E-state index in [1.807, 2.05) is 20.8 Å². The molecule has 92 valence electrons. The monoisotopic (exact) mass is 228 g/mol. The highest BCUT2D eigenvalue weighted by molar-refractivity contribution is 5.68. The van der Waals surface area contributed by atoms with Gasteiger partial charge in [0.15, 0.2) is 0 Å². The van der Waals surface area contributed by atoms with Crippen molar-refractivity contribution in [2.45, 2.75) is 32.4 Å². The molecule has 2 aliphatic heterocycles. The van der Waals surface area contributed by atoms with Crippen molar-refractivity contribution in [3.05, 3.63) is 0 Å². The van der Waals surface area contributed by atoms with Crippen LogP contribution in [0.1, 0.15) is 20.8 Å². The van der Waals surface area contributed by atoms with Crippen molar-refractivity contribution in [1.29, 1.82) is 0 Å². The van der Waals surface area contributed by atoms with E-state index in [1.54, 1.807) is 0 Å². The van der Waals surface area contributed by atoms with E-state index in [9.17, 15) is 4.79 Å². The van der Waals surface area contributed by atoms with Crippen LogP contribution in [0.4, 0.5) is 4.79 Å². The SMILES string of the molecule is CC(C)(C)OC(=O)NC1CNCC12COC2. The molecule has 0 aromatic carbocycles. The summed E-state index contributed by atoms with van der Waals surface area (Å²) in [7, 11) is 0. The Bertz CT molecular complexity index is 281. The molecule has 0 aliphatic carbocycles. The van der Waals surface area contributed by atoms with Gasteiger partial charge in [0.1, 0.15) is 5.60 Å². The van der Waals surface area contributed by atoms with Gasteiger partial charge in [0.05, 0.1) is 24.7 Å². The van der Waals surface area contributed by atoms with Crippen LogP contribution in [0.15, 0.2) is 0 Å². The summed E-state index contributed by atoms with van der Waals surface area (Å²) >= 11 is 0. The molecule has 1 spiro atoms. The fraction of sp³-hybridized carbons (Fsp3) is 0.909. The van der Waals surface area contributed by atoms with Crippen molar-refractivity contribution < 1.29 is 14.3 Å². The van der Waals surface area contributed by atoms with E-state index in [4.69, 9.17) is 9.47 Å². The van der Waals surface area contributed by atoms with Crippen LogP contribution in [0.2, 0.25) is 0 Å². The van der Waals surface area contributed by atoms with Crippen molar-refractivity contribution in [2.75, 3.05) is 26.3 Å². The lowest BCUT2D eigenvalue weighted by Gasteiger charge is -2.42. The highest BCUT2D eigenvalue weighted by atomic mass is 16.6. The van der Waals surface area contributed by atoms with E-state index < -0.39 is 5.60 Å². The number of nitrogens with one attached hydrogen (secondary N) is 2. The van der Waals surface area contributed by atoms with Crippen LogP contribution < -0.4 is 10.6 Å². The third-order valence-corrected chi connectivity index (χ3v) is 3.03. The minimum absolute atomic E-state index is 0.0942. The predicted molar refractivity (Wildman–Crippen MR) is 59.3 cm³/mol. The molecule has 1 atom stereocenters. The van der Waals surface area contributed by atoms with Crippen LogP contribution in [0.5, 0.6) is 0 Å². The van der Waals surface area contributed by atoms with Gasteiger partial charge in [-0.05, 0) is 20.8 Å². The third kappa shape index (κ3) is 2.30. The molecule has 2 fully saturated rings. The molecule has 0 bridgehead atoms. The molecule has 16 heavy (non-hydrogen) atoms. The van der Waals surface area contributed by atoms with E-state index in [0.29, 0.717) is 0 Å². The Balaban J connectivity index is 1.87. The Morgan fingerprint density at radius 2 is 2.19 bits per heavy atom. The molecule has 2 N–H and O–H groups in total. The van der Waals surface area contributed by atoms with E-state index in [-0.39, 0.29) is 17.6 Å². The lowest BCUT2D eigenvalue weighted by atomic mass is 9.81. The highest BCUT2D eigenvalue weighted by Crippen LogP contribution is 2.34. The molecule has 0 aromatic rings. The summed E-state index contributed by atoms with van der Waals surface area (Å²) < 4.78 is 10.5. The number of hydrogen-bond donors (Lipinski definition) is 2. The van der Waals surface area contributed by atoms with E-state index >= 15 is 0 Å². The Morgan fingerprint density at radius 1 is 1.50 bits per heavy atom. The second-order valence-electron chi connectivity index (χ2n) is 5.68. The van der Waals surface area contributed by atoms with Crippen molar-refractivity contribution in [2.24, 2.45) is 5.41 Å². The van der Waals surface area contributed by atoms with Gasteiger partial charge in [0.2, 0.25) is 0 Å². The average Bonchev–Trinajstić information content (AvgIpc) is 2.42. The zero-order valence-electron chi connectivity index (χ0n) is 10.1. The lowest BCUT2D eigenvalue weighted by molar-refractivity contribution is -0.112. The summed E-state index contributed by atoms with van der Waals surface area (Å²) in [5, 5.41) is 6.21. The van der Waals surface area contributed by atoms with Crippen molar-refractivity contribution in [1.82, 2.24) is 10.6 Å². The minimum Gasteiger partial charge on any atom is -0.444 e. The molecule has 1 unspecified atom stereocenters. The Labute approximate surface area is 95.9 Å². The van der Waals surface area contributed by atoms with Gasteiger partial charge in [0.25, 0.3) is 0 Å². The number of carbonyl (C=O) groups excluding carboxylic acids is 1. The zero-order valence-corrected chi connectivity index (χ0v) is 10.1. The maximum absolute atomic E-state index is 11.6.